The third-order valence-electron chi connectivity index (χ3n) is 3.96. The Morgan fingerprint density at radius 1 is 1.52 bits per heavy atom. The first-order valence-corrected chi connectivity index (χ1v) is 7.65. The molecule has 1 atom stereocenters. The van der Waals surface area contributed by atoms with Gasteiger partial charge in [-0.3, -0.25) is 9.48 Å². The number of aromatic nitrogens is 2. The summed E-state index contributed by atoms with van der Waals surface area (Å²) < 4.78 is 18.0. The minimum absolute atomic E-state index is 0.0926. The Balaban J connectivity index is 1.64. The lowest BCUT2D eigenvalue weighted by Crippen LogP contribution is -2.32. The van der Waals surface area contributed by atoms with Gasteiger partial charge in [-0.15, -0.1) is 0 Å². The molecule has 7 nitrogen and oxygen atoms in total. The quantitative estimate of drug-likeness (QED) is 0.872. The van der Waals surface area contributed by atoms with E-state index in [1.54, 1.807) is 19.2 Å². The van der Waals surface area contributed by atoms with Crippen LogP contribution in [0.15, 0.2) is 22.7 Å². The van der Waals surface area contributed by atoms with Gasteiger partial charge in [-0.25, -0.2) is 0 Å². The lowest BCUT2D eigenvalue weighted by molar-refractivity contribution is 0.0787. The van der Waals surface area contributed by atoms with Crippen LogP contribution in [0.2, 0.25) is 0 Å². The predicted molar refractivity (Wildman–Crippen MR) is 82.3 cm³/mol. The van der Waals surface area contributed by atoms with E-state index < -0.39 is 0 Å². The van der Waals surface area contributed by atoms with Crippen molar-refractivity contribution in [3.63, 3.8) is 0 Å². The van der Waals surface area contributed by atoms with Gasteiger partial charge in [0.15, 0.2) is 5.76 Å². The van der Waals surface area contributed by atoms with Crippen LogP contribution in [0.3, 0.4) is 0 Å². The van der Waals surface area contributed by atoms with Crippen LogP contribution < -0.4 is 5.32 Å². The fraction of sp³-hybridized carbons (Fsp3) is 0.500. The van der Waals surface area contributed by atoms with Crippen LogP contribution in [0.1, 0.15) is 33.5 Å². The molecular weight excluding hydrogens is 298 g/mol. The highest BCUT2D eigenvalue weighted by Gasteiger charge is 2.25. The van der Waals surface area contributed by atoms with Crippen LogP contribution in [0.4, 0.5) is 0 Å². The monoisotopic (exact) mass is 319 g/mol. The number of furan rings is 1. The summed E-state index contributed by atoms with van der Waals surface area (Å²) in [6.07, 6.45) is 1.86. The van der Waals surface area contributed by atoms with Crippen molar-refractivity contribution in [2.24, 2.45) is 0 Å². The fourth-order valence-electron chi connectivity index (χ4n) is 2.71. The summed E-state index contributed by atoms with van der Waals surface area (Å²) in [7, 11) is 1.67. The molecule has 3 rings (SSSR count). The van der Waals surface area contributed by atoms with Gasteiger partial charge in [0.05, 0.1) is 38.3 Å². The van der Waals surface area contributed by atoms with Crippen molar-refractivity contribution in [3.8, 4) is 0 Å². The molecule has 1 amide bonds. The molecule has 2 aromatic rings. The highest BCUT2D eigenvalue weighted by molar-refractivity contribution is 5.91. The molecule has 1 N–H and O–H groups in total. The molecule has 0 aromatic carbocycles. The minimum Gasteiger partial charge on any atom is -0.456 e. The maximum Gasteiger partial charge on any atom is 0.287 e. The molecule has 2 aromatic heterocycles. The van der Waals surface area contributed by atoms with Crippen LogP contribution in [0.5, 0.6) is 0 Å². The second-order valence-corrected chi connectivity index (χ2v) is 5.59. The zero-order chi connectivity index (χ0) is 16.2. The normalized spacial score (nSPS) is 17.0. The van der Waals surface area contributed by atoms with E-state index in [1.165, 1.54) is 0 Å². The van der Waals surface area contributed by atoms with Crippen molar-refractivity contribution in [1.82, 2.24) is 15.1 Å². The number of rotatable bonds is 6. The van der Waals surface area contributed by atoms with E-state index >= 15 is 0 Å². The zero-order valence-electron chi connectivity index (χ0n) is 13.4. The van der Waals surface area contributed by atoms with Gasteiger partial charge in [0.1, 0.15) is 5.76 Å². The van der Waals surface area contributed by atoms with Crippen LogP contribution in [-0.4, -0.2) is 42.6 Å². The van der Waals surface area contributed by atoms with E-state index in [-0.39, 0.29) is 11.8 Å². The maximum absolute atomic E-state index is 12.1. The largest absolute Gasteiger partial charge is 0.456 e. The SMILES string of the molecule is COCCn1ncc2c1COCC2CNC(=O)c1ccc(C)o1. The molecule has 23 heavy (non-hydrogen) atoms. The van der Waals surface area contributed by atoms with Gasteiger partial charge in [0.25, 0.3) is 5.91 Å². The van der Waals surface area contributed by atoms with Gasteiger partial charge in [-0.05, 0) is 19.1 Å². The van der Waals surface area contributed by atoms with Crippen molar-refractivity contribution in [3.05, 3.63) is 41.1 Å². The van der Waals surface area contributed by atoms with E-state index in [0.717, 1.165) is 17.0 Å². The summed E-state index contributed by atoms with van der Waals surface area (Å²) >= 11 is 0. The van der Waals surface area contributed by atoms with E-state index in [1.807, 2.05) is 17.8 Å². The van der Waals surface area contributed by atoms with Gasteiger partial charge in [0, 0.05) is 25.1 Å². The minimum atomic E-state index is -0.211. The molecule has 0 saturated heterocycles. The average Bonchev–Trinajstić information content (AvgIpc) is 3.17. The van der Waals surface area contributed by atoms with Crippen molar-refractivity contribution in [2.45, 2.75) is 26.0 Å². The molecule has 7 heteroatoms. The first kappa shape index (κ1) is 15.8. The number of hydrogen-bond acceptors (Lipinski definition) is 5. The predicted octanol–water partition coefficient (Wildman–Crippen LogP) is 1.47. The van der Waals surface area contributed by atoms with E-state index in [9.17, 15) is 4.79 Å². The fourth-order valence-corrected chi connectivity index (χ4v) is 2.71. The molecule has 0 spiro atoms. The third kappa shape index (κ3) is 3.46. The number of carbonyl (C=O) groups is 1. The number of aryl methyl sites for hydroxylation is 1. The number of carbonyl (C=O) groups excluding carboxylic acids is 1. The summed E-state index contributed by atoms with van der Waals surface area (Å²) in [4.78, 5) is 12.1. The third-order valence-corrected chi connectivity index (χ3v) is 3.96. The number of hydrogen-bond donors (Lipinski definition) is 1. The Kier molecular flexibility index (Phi) is 4.78. The molecule has 0 aliphatic carbocycles. The van der Waals surface area contributed by atoms with Crippen LogP contribution in [-0.2, 0) is 22.6 Å². The Morgan fingerprint density at radius 3 is 3.13 bits per heavy atom. The molecular formula is C16H21N3O4. The Morgan fingerprint density at radius 2 is 2.39 bits per heavy atom. The average molecular weight is 319 g/mol. The molecule has 0 bridgehead atoms. The second-order valence-electron chi connectivity index (χ2n) is 5.59. The Labute approximate surface area is 134 Å². The summed E-state index contributed by atoms with van der Waals surface area (Å²) in [5, 5.41) is 7.30. The first-order chi connectivity index (χ1) is 11.2. The molecule has 124 valence electrons. The molecule has 1 unspecified atom stereocenters. The van der Waals surface area contributed by atoms with Crippen LogP contribution in [0.25, 0.3) is 0 Å². The van der Waals surface area contributed by atoms with Crippen LogP contribution >= 0.6 is 0 Å². The number of nitrogens with zero attached hydrogens (tertiary/aromatic N) is 2. The zero-order valence-corrected chi connectivity index (χ0v) is 13.4. The standard InChI is InChI=1S/C16H21N3O4/c1-11-3-4-15(23-11)16(20)17-7-12-9-22-10-14-13(12)8-18-19(14)5-6-21-2/h3-4,8,12H,5-7,9-10H2,1-2H3,(H,17,20). The molecule has 1 aliphatic heterocycles. The van der Waals surface area contributed by atoms with Gasteiger partial charge < -0.3 is 19.2 Å². The van der Waals surface area contributed by atoms with Gasteiger partial charge in [-0.2, -0.15) is 5.10 Å². The van der Waals surface area contributed by atoms with Gasteiger partial charge in [0.2, 0.25) is 0 Å². The van der Waals surface area contributed by atoms with Crippen molar-refractivity contribution in [1.29, 1.82) is 0 Å². The molecule has 1 aliphatic rings. The summed E-state index contributed by atoms with van der Waals surface area (Å²) in [6.45, 7) is 4.71. The summed E-state index contributed by atoms with van der Waals surface area (Å²) in [5.74, 6) is 0.931. The topological polar surface area (TPSA) is 78.5 Å². The number of nitrogens with one attached hydrogen (secondary N) is 1. The molecule has 0 radical (unpaired) electrons. The maximum atomic E-state index is 12.1. The molecule has 0 saturated carbocycles. The second kappa shape index (κ2) is 6.97. The number of methoxy groups -OCH3 is 1. The number of amides is 1. The Hall–Kier alpha value is -2.12. The smallest absolute Gasteiger partial charge is 0.287 e. The number of ether oxygens (including phenoxy) is 2. The summed E-state index contributed by atoms with van der Waals surface area (Å²) in [5.41, 5.74) is 2.18. The van der Waals surface area contributed by atoms with Gasteiger partial charge in [-0.1, -0.05) is 0 Å². The van der Waals surface area contributed by atoms with E-state index in [0.29, 0.717) is 38.7 Å². The lowest BCUT2D eigenvalue weighted by Gasteiger charge is -2.23. The van der Waals surface area contributed by atoms with Crippen molar-refractivity contribution in [2.75, 3.05) is 26.9 Å². The van der Waals surface area contributed by atoms with Crippen molar-refractivity contribution >= 4 is 5.91 Å². The number of fused-ring (bicyclic) bond motifs is 1. The first-order valence-electron chi connectivity index (χ1n) is 7.65. The van der Waals surface area contributed by atoms with E-state index in [4.69, 9.17) is 13.9 Å². The van der Waals surface area contributed by atoms with Crippen LogP contribution in [0, 0.1) is 6.92 Å². The van der Waals surface area contributed by atoms with Gasteiger partial charge >= 0.3 is 0 Å². The van der Waals surface area contributed by atoms with Crippen molar-refractivity contribution < 1.29 is 18.7 Å². The Bertz CT molecular complexity index is 677. The highest BCUT2D eigenvalue weighted by Crippen LogP contribution is 2.26. The van der Waals surface area contributed by atoms with E-state index in [2.05, 4.69) is 10.4 Å². The lowest BCUT2D eigenvalue weighted by atomic mass is 9.98. The molecule has 3 heterocycles. The molecule has 0 fully saturated rings. The highest BCUT2D eigenvalue weighted by atomic mass is 16.5. The summed E-state index contributed by atoms with van der Waals surface area (Å²) in [6, 6.07) is 3.45.